The maximum atomic E-state index is 10.8. The standard InChI is InChI=1S/C26H28N6O2.ClH/c1-16-12-23(30-32-13-17(2)27-26(16)32)20-4-3-5-24(33)25(20)22-7-6-21(28-29-22)18-14-31(15-18)19-8-10-34-11-9-19;/h3-7,12-13,18-19,33H,8-11,14-15H2,1-2H3;1H. The molecule has 1 aromatic carbocycles. The zero-order valence-electron chi connectivity index (χ0n) is 19.9. The first-order valence-electron chi connectivity index (χ1n) is 11.9. The molecule has 0 saturated carbocycles. The third-order valence-electron chi connectivity index (χ3n) is 7.02. The second-order valence-electron chi connectivity index (χ2n) is 9.40. The van der Waals surface area contributed by atoms with E-state index >= 15 is 0 Å². The number of hydrogen-bond acceptors (Lipinski definition) is 7. The average Bonchev–Trinajstić information content (AvgIpc) is 3.20. The number of aryl methyl sites for hydroxylation is 2. The van der Waals surface area contributed by atoms with E-state index in [9.17, 15) is 5.11 Å². The van der Waals surface area contributed by atoms with Gasteiger partial charge >= 0.3 is 0 Å². The Hall–Kier alpha value is -3.07. The number of aromatic hydroxyl groups is 1. The zero-order valence-corrected chi connectivity index (χ0v) is 20.7. The van der Waals surface area contributed by atoms with E-state index in [-0.39, 0.29) is 18.2 Å². The van der Waals surface area contributed by atoms with E-state index in [1.165, 1.54) is 0 Å². The molecule has 5 heterocycles. The minimum atomic E-state index is 0. The molecule has 182 valence electrons. The molecule has 0 spiro atoms. The molecule has 2 saturated heterocycles. The monoisotopic (exact) mass is 492 g/mol. The summed E-state index contributed by atoms with van der Waals surface area (Å²) in [4.78, 5) is 7.07. The van der Waals surface area contributed by atoms with Crippen LogP contribution in [-0.4, -0.2) is 67.1 Å². The van der Waals surface area contributed by atoms with E-state index in [0.29, 0.717) is 23.2 Å². The lowest BCUT2D eigenvalue weighted by Gasteiger charge is -2.45. The Morgan fingerprint density at radius 1 is 1.00 bits per heavy atom. The molecule has 9 heteroatoms. The van der Waals surface area contributed by atoms with Gasteiger partial charge in [0.05, 0.1) is 34.5 Å². The van der Waals surface area contributed by atoms with Crippen LogP contribution in [0.25, 0.3) is 28.2 Å². The van der Waals surface area contributed by atoms with Crippen molar-refractivity contribution in [2.45, 2.75) is 38.6 Å². The SMILES string of the molecule is Cc1cn2nc(-c3cccc(O)c3-c3ccc(C4CN(C5CCOCC5)C4)nn3)cc(C)c2n1.Cl. The summed E-state index contributed by atoms with van der Waals surface area (Å²) in [6.45, 7) is 7.75. The fraction of sp³-hybridized carbons (Fsp3) is 0.385. The van der Waals surface area contributed by atoms with Crippen molar-refractivity contribution in [1.82, 2.24) is 29.7 Å². The van der Waals surface area contributed by atoms with E-state index in [4.69, 9.17) is 9.84 Å². The third-order valence-corrected chi connectivity index (χ3v) is 7.02. The Morgan fingerprint density at radius 3 is 2.54 bits per heavy atom. The molecule has 6 rings (SSSR count). The highest BCUT2D eigenvalue weighted by atomic mass is 35.5. The van der Waals surface area contributed by atoms with Gasteiger partial charge < -0.3 is 9.84 Å². The van der Waals surface area contributed by atoms with Gasteiger partial charge in [0, 0.05) is 43.8 Å². The Morgan fingerprint density at radius 2 is 1.80 bits per heavy atom. The number of benzene rings is 1. The minimum Gasteiger partial charge on any atom is -0.507 e. The second kappa shape index (κ2) is 9.53. The minimum absolute atomic E-state index is 0. The number of imidazole rings is 1. The van der Waals surface area contributed by atoms with E-state index in [2.05, 4.69) is 20.1 Å². The van der Waals surface area contributed by atoms with Crippen LogP contribution in [0, 0.1) is 13.8 Å². The number of likely N-dealkylation sites (tertiary alicyclic amines) is 1. The van der Waals surface area contributed by atoms with Gasteiger partial charge in [-0.05, 0) is 56.5 Å². The normalized spacial score (nSPS) is 17.3. The third kappa shape index (κ3) is 4.37. The molecule has 1 N–H and O–H groups in total. The van der Waals surface area contributed by atoms with Gasteiger partial charge in [0.2, 0.25) is 0 Å². The van der Waals surface area contributed by atoms with Gasteiger partial charge in [0.15, 0.2) is 5.65 Å². The smallest absolute Gasteiger partial charge is 0.156 e. The molecule has 0 unspecified atom stereocenters. The summed E-state index contributed by atoms with van der Waals surface area (Å²) in [6, 6.07) is 12.1. The Balaban J connectivity index is 0.00000253. The van der Waals surface area contributed by atoms with Crippen molar-refractivity contribution in [2.24, 2.45) is 0 Å². The van der Waals surface area contributed by atoms with Crippen LogP contribution in [0.5, 0.6) is 5.75 Å². The predicted octanol–water partition coefficient (Wildman–Crippen LogP) is 4.18. The van der Waals surface area contributed by atoms with Crippen molar-refractivity contribution in [3.05, 3.63) is 59.5 Å². The summed E-state index contributed by atoms with van der Waals surface area (Å²) >= 11 is 0. The van der Waals surface area contributed by atoms with Crippen molar-refractivity contribution in [3.63, 3.8) is 0 Å². The van der Waals surface area contributed by atoms with E-state index in [1.54, 1.807) is 10.6 Å². The molecular formula is C26H29ClN6O2. The predicted molar refractivity (Wildman–Crippen MR) is 136 cm³/mol. The van der Waals surface area contributed by atoms with Gasteiger partial charge in [-0.1, -0.05) is 12.1 Å². The van der Waals surface area contributed by atoms with Gasteiger partial charge in [-0.2, -0.15) is 15.3 Å². The zero-order chi connectivity index (χ0) is 23.2. The van der Waals surface area contributed by atoms with Gasteiger partial charge in [0.1, 0.15) is 5.75 Å². The fourth-order valence-corrected chi connectivity index (χ4v) is 5.14. The number of phenols is 1. The lowest BCUT2D eigenvalue weighted by molar-refractivity contribution is 0.000892. The molecule has 0 radical (unpaired) electrons. The van der Waals surface area contributed by atoms with Crippen LogP contribution in [-0.2, 0) is 4.74 Å². The van der Waals surface area contributed by atoms with Gasteiger partial charge in [-0.3, -0.25) is 4.90 Å². The highest BCUT2D eigenvalue weighted by Crippen LogP contribution is 2.38. The van der Waals surface area contributed by atoms with Crippen molar-refractivity contribution in [1.29, 1.82) is 0 Å². The van der Waals surface area contributed by atoms with Gasteiger partial charge in [-0.15, -0.1) is 12.4 Å². The first-order chi connectivity index (χ1) is 16.6. The van der Waals surface area contributed by atoms with Crippen LogP contribution in [0.2, 0.25) is 0 Å². The molecule has 8 nitrogen and oxygen atoms in total. The van der Waals surface area contributed by atoms with Crippen LogP contribution in [0.1, 0.15) is 35.7 Å². The molecule has 2 fully saturated rings. The summed E-state index contributed by atoms with van der Waals surface area (Å²) in [5.74, 6) is 0.569. The largest absolute Gasteiger partial charge is 0.507 e. The molecule has 2 aliphatic heterocycles. The Labute approximate surface area is 210 Å². The van der Waals surface area contributed by atoms with Crippen LogP contribution in [0.15, 0.2) is 42.6 Å². The number of phenolic OH excluding ortho intramolecular Hbond substituents is 1. The summed E-state index contributed by atoms with van der Waals surface area (Å²) in [6.07, 6.45) is 4.14. The van der Waals surface area contributed by atoms with Crippen LogP contribution in [0.4, 0.5) is 0 Å². The topological polar surface area (TPSA) is 88.7 Å². The van der Waals surface area contributed by atoms with Crippen molar-refractivity contribution in [3.8, 4) is 28.3 Å². The Kier molecular flexibility index (Phi) is 6.44. The Bertz CT molecular complexity index is 1340. The average molecular weight is 493 g/mol. The highest BCUT2D eigenvalue weighted by molar-refractivity contribution is 5.85. The van der Waals surface area contributed by atoms with Crippen molar-refractivity contribution >= 4 is 18.1 Å². The number of fused-ring (bicyclic) bond motifs is 1. The molecule has 35 heavy (non-hydrogen) atoms. The van der Waals surface area contributed by atoms with Crippen LogP contribution < -0.4 is 0 Å². The maximum Gasteiger partial charge on any atom is 0.156 e. The molecule has 2 aliphatic rings. The molecule has 0 amide bonds. The molecule has 4 aromatic rings. The summed E-state index contributed by atoms with van der Waals surface area (Å²) in [5, 5.41) is 24.6. The lowest BCUT2D eigenvalue weighted by atomic mass is 9.91. The van der Waals surface area contributed by atoms with Gasteiger partial charge in [-0.25, -0.2) is 9.50 Å². The van der Waals surface area contributed by atoms with E-state index in [1.807, 2.05) is 50.4 Å². The highest BCUT2D eigenvalue weighted by Gasteiger charge is 2.35. The quantitative estimate of drug-likeness (QED) is 0.457. The number of hydrogen-bond donors (Lipinski definition) is 1. The van der Waals surface area contributed by atoms with Crippen LogP contribution in [0.3, 0.4) is 0 Å². The number of halogens is 1. The van der Waals surface area contributed by atoms with E-state index < -0.39 is 0 Å². The molecule has 0 aliphatic carbocycles. The molecule has 0 atom stereocenters. The molecule has 3 aromatic heterocycles. The lowest BCUT2D eigenvalue weighted by Crippen LogP contribution is -2.52. The number of rotatable bonds is 4. The summed E-state index contributed by atoms with van der Waals surface area (Å²) in [5.41, 5.74) is 6.62. The van der Waals surface area contributed by atoms with E-state index in [0.717, 1.165) is 73.0 Å². The molecular weight excluding hydrogens is 464 g/mol. The van der Waals surface area contributed by atoms with Crippen LogP contribution >= 0.6 is 12.4 Å². The number of nitrogens with zero attached hydrogens (tertiary/aromatic N) is 6. The first kappa shape index (κ1) is 23.7. The number of aromatic nitrogens is 5. The maximum absolute atomic E-state index is 10.8. The fourth-order valence-electron chi connectivity index (χ4n) is 5.14. The summed E-state index contributed by atoms with van der Waals surface area (Å²) < 4.78 is 7.28. The second-order valence-corrected chi connectivity index (χ2v) is 9.40. The van der Waals surface area contributed by atoms with Gasteiger partial charge in [0.25, 0.3) is 0 Å². The first-order valence-corrected chi connectivity index (χ1v) is 11.9. The number of ether oxygens (including phenoxy) is 1. The van der Waals surface area contributed by atoms with Crippen molar-refractivity contribution < 1.29 is 9.84 Å². The molecule has 0 bridgehead atoms. The summed E-state index contributed by atoms with van der Waals surface area (Å²) in [7, 11) is 0. The van der Waals surface area contributed by atoms with Crippen molar-refractivity contribution in [2.75, 3.05) is 26.3 Å².